The molecule has 0 unspecified atom stereocenters. The van der Waals surface area contributed by atoms with Crippen LogP contribution in [0.2, 0.25) is 0 Å². The summed E-state index contributed by atoms with van der Waals surface area (Å²) in [5.41, 5.74) is 6.82. The molecule has 0 amide bonds. The van der Waals surface area contributed by atoms with Gasteiger partial charge >= 0.3 is 0 Å². The molecule has 0 aliphatic rings. The van der Waals surface area contributed by atoms with Crippen LogP contribution < -0.4 is 11.1 Å². The Balaban J connectivity index is 2.02. The zero-order valence-corrected chi connectivity index (χ0v) is 8.07. The van der Waals surface area contributed by atoms with E-state index in [1.165, 1.54) is 0 Å². The third-order valence-corrected chi connectivity index (χ3v) is 2.05. The second-order valence-corrected chi connectivity index (χ2v) is 3.18. The summed E-state index contributed by atoms with van der Waals surface area (Å²) in [6.45, 7) is 0.585. The van der Waals surface area contributed by atoms with Crippen LogP contribution in [-0.2, 0) is 6.54 Å². The van der Waals surface area contributed by atoms with Gasteiger partial charge in [0, 0.05) is 18.9 Å². The second-order valence-electron chi connectivity index (χ2n) is 3.18. The van der Waals surface area contributed by atoms with E-state index in [2.05, 4.69) is 15.3 Å². The molecule has 0 bridgehead atoms. The second kappa shape index (κ2) is 3.91. The predicted octanol–water partition coefficient (Wildman–Crippen LogP) is 1.31. The Morgan fingerprint density at radius 1 is 1.47 bits per heavy atom. The molecular formula is C10H12N4O. The lowest BCUT2D eigenvalue weighted by molar-refractivity contribution is 0.477. The highest BCUT2D eigenvalue weighted by Crippen LogP contribution is 2.20. The van der Waals surface area contributed by atoms with Gasteiger partial charge in [0.1, 0.15) is 5.75 Å². The molecule has 15 heavy (non-hydrogen) atoms. The number of imidazole rings is 1. The fraction of sp³-hybridized carbons (Fsp3) is 0.100. The number of H-pyrrole nitrogens is 1. The highest BCUT2D eigenvalue weighted by molar-refractivity contribution is 5.53. The maximum Gasteiger partial charge on any atom is 0.200 e. The maximum absolute atomic E-state index is 9.38. The quantitative estimate of drug-likeness (QED) is 0.448. The van der Waals surface area contributed by atoms with Crippen molar-refractivity contribution in [2.24, 2.45) is 0 Å². The average Bonchev–Trinajstić information content (AvgIpc) is 2.73. The van der Waals surface area contributed by atoms with Gasteiger partial charge in [-0.3, -0.25) is 0 Å². The van der Waals surface area contributed by atoms with Crippen LogP contribution in [0.15, 0.2) is 30.6 Å². The van der Waals surface area contributed by atoms with Gasteiger partial charge in [0.25, 0.3) is 0 Å². The number of phenols is 1. The van der Waals surface area contributed by atoms with Crippen LogP contribution in [0.25, 0.3) is 0 Å². The standard InChI is InChI=1S/C10H12N4O/c11-8-2-1-7(5-9(8)15)6-14-10-12-3-4-13-10/h1-5,15H,6,11H2,(H2,12,13,14). The molecule has 0 aliphatic heterocycles. The third-order valence-electron chi connectivity index (χ3n) is 2.05. The minimum absolute atomic E-state index is 0.105. The van der Waals surface area contributed by atoms with E-state index >= 15 is 0 Å². The van der Waals surface area contributed by atoms with Crippen molar-refractivity contribution in [3.05, 3.63) is 36.2 Å². The molecule has 0 aliphatic carbocycles. The monoisotopic (exact) mass is 204 g/mol. The first-order valence-electron chi connectivity index (χ1n) is 4.56. The number of nitrogens with one attached hydrogen (secondary N) is 2. The van der Waals surface area contributed by atoms with Crippen LogP contribution in [0, 0.1) is 0 Å². The number of phenolic OH excluding ortho intramolecular Hbond substituents is 1. The first-order chi connectivity index (χ1) is 7.25. The summed E-state index contributed by atoms with van der Waals surface area (Å²) in [5.74, 6) is 0.806. The van der Waals surface area contributed by atoms with E-state index in [1.54, 1.807) is 24.5 Å². The fourth-order valence-electron chi connectivity index (χ4n) is 1.25. The summed E-state index contributed by atoms with van der Waals surface area (Å²) in [6.07, 6.45) is 3.41. The van der Waals surface area contributed by atoms with Gasteiger partial charge in [-0.15, -0.1) is 0 Å². The molecule has 0 atom stereocenters. The molecule has 1 aromatic heterocycles. The Labute approximate surface area is 87.0 Å². The van der Waals surface area contributed by atoms with E-state index in [1.807, 2.05) is 6.07 Å². The van der Waals surface area contributed by atoms with Crippen LogP contribution in [0.4, 0.5) is 11.6 Å². The number of benzene rings is 1. The molecule has 78 valence electrons. The zero-order valence-electron chi connectivity index (χ0n) is 8.07. The highest BCUT2D eigenvalue weighted by atomic mass is 16.3. The summed E-state index contributed by atoms with van der Waals surface area (Å²) in [6, 6.07) is 5.16. The van der Waals surface area contributed by atoms with Gasteiger partial charge in [0.2, 0.25) is 0 Å². The Bertz CT molecular complexity index is 439. The van der Waals surface area contributed by atoms with Gasteiger partial charge in [-0.05, 0) is 17.7 Å². The minimum Gasteiger partial charge on any atom is -0.506 e. The molecule has 0 saturated carbocycles. The molecule has 5 N–H and O–H groups in total. The Kier molecular flexibility index (Phi) is 2.45. The van der Waals surface area contributed by atoms with Crippen molar-refractivity contribution in [3.63, 3.8) is 0 Å². The van der Waals surface area contributed by atoms with E-state index in [-0.39, 0.29) is 5.75 Å². The van der Waals surface area contributed by atoms with E-state index in [0.717, 1.165) is 5.56 Å². The molecule has 0 spiro atoms. The van der Waals surface area contributed by atoms with Gasteiger partial charge in [-0.1, -0.05) is 6.07 Å². The van der Waals surface area contributed by atoms with E-state index in [9.17, 15) is 5.11 Å². The first-order valence-corrected chi connectivity index (χ1v) is 4.56. The molecule has 0 saturated heterocycles. The number of nitrogen functional groups attached to an aromatic ring is 1. The average molecular weight is 204 g/mol. The van der Waals surface area contributed by atoms with Crippen LogP contribution in [0.3, 0.4) is 0 Å². The number of aromatic hydroxyl groups is 1. The molecule has 5 nitrogen and oxygen atoms in total. The van der Waals surface area contributed by atoms with Gasteiger partial charge in [0.15, 0.2) is 5.95 Å². The predicted molar refractivity (Wildman–Crippen MR) is 58.4 cm³/mol. The van der Waals surface area contributed by atoms with Crippen LogP contribution in [0.1, 0.15) is 5.56 Å². The van der Waals surface area contributed by atoms with Crippen molar-refractivity contribution in [3.8, 4) is 5.75 Å². The van der Waals surface area contributed by atoms with Crippen molar-refractivity contribution < 1.29 is 5.11 Å². The number of aromatic amines is 1. The molecular weight excluding hydrogens is 192 g/mol. The highest BCUT2D eigenvalue weighted by Gasteiger charge is 1.99. The van der Waals surface area contributed by atoms with Gasteiger partial charge in [0.05, 0.1) is 5.69 Å². The van der Waals surface area contributed by atoms with E-state index < -0.39 is 0 Å². The Hall–Kier alpha value is -2.17. The topological polar surface area (TPSA) is 87.0 Å². The number of nitrogens with two attached hydrogens (primary N) is 1. The lowest BCUT2D eigenvalue weighted by atomic mass is 10.2. The summed E-state index contributed by atoms with van der Waals surface area (Å²) < 4.78 is 0. The number of hydrogen-bond acceptors (Lipinski definition) is 4. The van der Waals surface area contributed by atoms with Crippen molar-refractivity contribution in [2.45, 2.75) is 6.54 Å². The zero-order chi connectivity index (χ0) is 10.7. The summed E-state index contributed by atoms with van der Waals surface area (Å²) in [7, 11) is 0. The van der Waals surface area contributed by atoms with Crippen LogP contribution in [0.5, 0.6) is 5.75 Å². The van der Waals surface area contributed by atoms with Crippen LogP contribution in [-0.4, -0.2) is 15.1 Å². The Morgan fingerprint density at radius 3 is 3.00 bits per heavy atom. The molecule has 0 fully saturated rings. The fourth-order valence-corrected chi connectivity index (χ4v) is 1.25. The van der Waals surface area contributed by atoms with E-state index in [0.29, 0.717) is 18.2 Å². The molecule has 0 radical (unpaired) electrons. The van der Waals surface area contributed by atoms with Gasteiger partial charge in [-0.2, -0.15) is 0 Å². The number of anilines is 2. The summed E-state index contributed by atoms with van der Waals surface area (Å²) in [4.78, 5) is 6.94. The SMILES string of the molecule is Nc1ccc(CNc2ncc[nH]2)cc1O. The van der Waals surface area contributed by atoms with E-state index in [4.69, 9.17) is 5.73 Å². The number of rotatable bonds is 3. The lowest BCUT2D eigenvalue weighted by Crippen LogP contribution is -2.01. The molecule has 5 heteroatoms. The third kappa shape index (κ3) is 2.19. The van der Waals surface area contributed by atoms with Crippen molar-refractivity contribution >= 4 is 11.6 Å². The largest absolute Gasteiger partial charge is 0.506 e. The molecule has 1 aromatic carbocycles. The van der Waals surface area contributed by atoms with Crippen molar-refractivity contribution in [1.29, 1.82) is 0 Å². The van der Waals surface area contributed by atoms with Gasteiger partial charge in [-0.25, -0.2) is 4.98 Å². The smallest absolute Gasteiger partial charge is 0.200 e. The summed E-state index contributed by atoms with van der Waals surface area (Å²) in [5, 5.41) is 12.5. The first kappa shape index (κ1) is 9.39. The number of hydrogen-bond donors (Lipinski definition) is 4. The van der Waals surface area contributed by atoms with Crippen LogP contribution >= 0.6 is 0 Å². The summed E-state index contributed by atoms with van der Waals surface area (Å²) >= 11 is 0. The Morgan fingerprint density at radius 2 is 2.33 bits per heavy atom. The molecule has 2 rings (SSSR count). The van der Waals surface area contributed by atoms with Crippen molar-refractivity contribution in [2.75, 3.05) is 11.1 Å². The number of nitrogens with zero attached hydrogens (tertiary/aromatic N) is 1. The lowest BCUT2D eigenvalue weighted by Gasteiger charge is -2.05. The van der Waals surface area contributed by atoms with Gasteiger partial charge < -0.3 is 21.1 Å². The maximum atomic E-state index is 9.38. The normalized spacial score (nSPS) is 10.1. The molecule has 1 heterocycles. The minimum atomic E-state index is 0.105. The number of aromatic nitrogens is 2. The van der Waals surface area contributed by atoms with Crippen molar-refractivity contribution in [1.82, 2.24) is 9.97 Å². The molecule has 2 aromatic rings.